The van der Waals surface area contributed by atoms with Crippen LogP contribution in [0.4, 0.5) is 0 Å². The third kappa shape index (κ3) is 1.87. The Morgan fingerprint density at radius 1 is 1.23 bits per heavy atom. The molecule has 3 aliphatic rings. The first-order valence-corrected chi connectivity index (χ1v) is 4.23. The summed E-state index contributed by atoms with van der Waals surface area (Å²) >= 11 is 0. The number of benzene rings is 1. The molecule has 0 spiro atoms. The van der Waals surface area contributed by atoms with E-state index in [0.29, 0.717) is 13.3 Å². The average molecular weight is 180 g/mol. The first-order chi connectivity index (χ1) is 6.40. The predicted octanol–water partition coefficient (Wildman–Crippen LogP) is 0.837. The number of fused-ring (bicyclic) bond motifs is 1. The number of hydrazine groups is 1. The van der Waals surface area contributed by atoms with Crippen LogP contribution in [0.15, 0.2) is 24.3 Å². The van der Waals surface area contributed by atoms with E-state index in [4.69, 9.17) is 9.94 Å². The molecule has 2 N–H and O–H groups in total. The molecular weight excluding hydrogens is 168 g/mol. The van der Waals surface area contributed by atoms with Crippen molar-refractivity contribution in [2.24, 2.45) is 0 Å². The highest BCUT2D eigenvalue weighted by molar-refractivity contribution is 5.75. The summed E-state index contributed by atoms with van der Waals surface area (Å²) < 4.78 is 4.85. The Balaban J connectivity index is 0.000000101. The normalized spacial score (nSPS) is 17.9. The van der Waals surface area contributed by atoms with Crippen LogP contribution in [-0.4, -0.2) is 30.1 Å². The van der Waals surface area contributed by atoms with Gasteiger partial charge in [-0.1, -0.05) is 24.3 Å². The molecule has 0 radical (unpaired) electrons. The Labute approximate surface area is 76.7 Å². The summed E-state index contributed by atoms with van der Waals surface area (Å²) in [6.07, 6.45) is 0. The van der Waals surface area contributed by atoms with Crippen LogP contribution in [0.3, 0.4) is 0 Å². The maximum Gasteiger partial charge on any atom is 0.114 e. The molecule has 4 nitrogen and oxygen atoms in total. The molecule has 3 rings (SSSR count). The first kappa shape index (κ1) is 8.65. The topological polar surface area (TPSA) is 44.7 Å². The number of ether oxygens (including phenoxy) is 1. The summed E-state index contributed by atoms with van der Waals surface area (Å²) in [7, 11) is 0. The van der Waals surface area contributed by atoms with Crippen LogP contribution in [0.1, 0.15) is 0 Å². The molecule has 2 aliphatic carbocycles. The molecule has 1 aliphatic heterocycles. The van der Waals surface area contributed by atoms with Crippen LogP contribution in [0.2, 0.25) is 0 Å². The third-order valence-corrected chi connectivity index (χ3v) is 2.11. The highest BCUT2D eigenvalue weighted by Gasteiger charge is 2.08. The van der Waals surface area contributed by atoms with Gasteiger partial charge in [-0.05, 0) is 11.1 Å². The first-order valence-electron chi connectivity index (χ1n) is 4.23. The molecule has 1 fully saturated rings. The summed E-state index contributed by atoms with van der Waals surface area (Å²) in [5.74, 6) is 0. The van der Waals surface area contributed by atoms with Crippen molar-refractivity contribution in [1.82, 2.24) is 10.6 Å². The van der Waals surface area contributed by atoms with Crippen molar-refractivity contribution in [3.05, 3.63) is 24.3 Å². The van der Waals surface area contributed by atoms with Crippen molar-refractivity contribution in [1.29, 1.82) is 0 Å². The van der Waals surface area contributed by atoms with Crippen molar-refractivity contribution in [3.63, 3.8) is 0 Å². The maximum absolute atomic E-state index is 8.16. The van der Waals surface area contributed by atoms with E-state index in [2.05, 4.69) is 24.3 Å². The standard InChI is InChI=1S/C6H4.C3H8N2O2/c1-2-6-4-3-5(1)6;6-4-5-1-2-7-3-5/h1-4H;4,6H,1-3H2. The average Bonchev–Trinajstić information content (AvgIpc) is 2.64. The van der Waals surface area contributed by atoms with E-state index in [0.717, 1.165) is 6.54 Å². The lowest BCUT2D eigenvalue weighted by Crippen LogP contribution is -2.32. The van der Waals surface area contributed by atoms with Gasteiger partial charge in [0.1, 0.15) is 6.73 Å². The summed E-state index contributed by atoms with van der Waals surface area (Å²) in [5.41, 5.74) is 4.82. The fraction of sp³-hybridized carbons (Fsp3) is 0.333. The zero-order valence-corrected chi connectivity index (χ0v) is 7.23. The molecule has 0 amide bonds. The van der Waals surface area contributed by atoms with Gasteiger partial charge in [-0.15, -0.1) is 5.59 Å². The van der Waals surface area contributed by atoms with Gasteiger partial charge in [0.15, 0.2) is 0 Å². The Morgan fingerprint density at radius 3 is 2.00 bits per heavy atom. The molecule has 13 heavy (non-hydrogen) atoms. The van der Waals surface area contributed by atoms with E-state index in [9.17, 15) is 0 Å². The van der Waals surface area contributed by atoms with Crippen molar-refractivity contribution >= 4 is 0 Å². The Morgan fingerprint density at radius 2 is 1.85 bits per heavy atom. The van der Waals surface area contributed by atoms with Gasteiger partial charge >= 0.3 is 0 Å². The molecule has 1 heterocycles. The van der Waals surface area contributed by atoms with Crippen LogP contribution in [0, 0.1) is 0 Å². The summed E-state index contributed by atoms with van der Waals surface area (Å²) in [6.45, 7) is 1.94. The van der Waals surface area contributed by atoms with Gasteiger partial charge in [0.25, 0.3) is 0 Å². The molecule has 0 aromatic heterocycles. The second-order valence-corrected chi connectivity index (χ2v) is 2.98. The molecule has 0 aromatic carbocycles. The highest BCUT2D eigenvalue weighted by atomic mass is 16.6. The van der Waals surface area contributed by atoms with Gasteiger partial charge in [0, 0.05) is 6.54 Å². The van der Waals surface area contributed by atoms with Gasteiger partial charge in [0.05, 0.1) is 6.61 Å². The van der Waals surface area contributed by atoms with Gasteiger partial charge in [0.2, 0.25) is 0 Å². The van der Waals surface area contributed by atoms with Crippen molar-refractivity contribution in [3.8, 4) is 11.1 Å². The lowest BCUT2D eigenvalue weighted by molar-refractivity contribution is -0.0297. The minimum atomic E-state index is 0.483. The van der Waals surface area contributed by atoms with Gasteiger partial charge in [-0.25, -0.2) is 0 Å². The molecule has 0 bridgehead atoms. The largest absolute Gasteiger partial charge is 0.363 e. The Hall–Kier alpha value is -0.940. The number of hydrogen-bond donors (Lipinski definition) is 2. The lowest BCUT2D eigenvalue weighted by Gasteiger charge is -2.10. The predicted molar refractivity (Wildman–Crippen MR) is 47.9 cm³/mol. The zero-order valence-electron chi connectivity index (χ0n) is 7.23. The molecule has 4 heteroatoms. The highest BCUT2D eigenvalue weighted by Crippen LogP contribution is 2.29. The molecule has 0 aromatic rings. The van der Waals surface area contributed by atoms with Crippen LogP contribution >= 0.6 is 0 Å². The van der Waals surface area contributed by atoms with Gasteiger partial charge in [-0.2, -0.15) is 5.01 Å². The van der Waals surface area contributed by atoms with E-state index < -0.39 is 0 Å². The second-order valence-electron chi connectivity index (χ2n) is 2.98. The molecule has 0 atom stereocenters. The van der Waals surface area contributed by atoms with Crippen molar-refractivity contribution < 1.29 is 9.94 Å². The zero-order chi connectivity index (χ0) is 9.10. The summed E-state index contributed by atoms with van der Waals surface area (Å²) in [6, 6.07) is 8.48. The minimum absolute atomic E-state index is 0.483. The second kappa shape index (κ2) is 3.85. The van der Waals surface area contributed by atoms with Gasteiger partial charge in [-0.3, -0.25) is 0 Å². The number of rotatable bonds is 1. The Kier molecular flexibility index (Phi) is 2.56. The maximum atomic E-state index is 8.16. The van der Waals surface area contributed by atoms with Crippen LogP contribution in [-0.2, 0) is 4.74 Å². The smallest absolute Gasteiger partial charge is 0.114 e. The van der Waals surface area contributed by atoms with Crippen molar-refractivity contribution in [2.75, 3.05) is 19.9 Å². The number of nitrogens with one attached hydrogen (secondary N) is 1. The van der Waals surface area contributed by atoms with Crippen LogP contribution in [0.25, 0.3) is 11.1 Å². The van der Waals surface area contributed by atoms with Gasteiger partial charge < -0.3 is 9.94 Å². The fourth-order valence-electron chi connectivity index (χ4n) is 1.16. The SMILES string of the molecule is ONN1CCOC1.c1cc2ccc1-2. The van der Waals surface area contributed by atoms with E-state index in [-0.39, 0.29) is 0 Å². The quantitative estimate of drug-likeness (QED) is 0.638. The lowest BCUT2D eigenvalue weighted by atomic mass is 9.95. The fourth-order valence-corrected chi connectivity index (χ4v) is 1.16. The molecule has 1 saturated heterocycles. The van der Waals surface area contributed by atoms with E-state index >= 15 is 0 Å². The monoisotopic (exact) mass is 180 g/mol. The van der Waals surface area contributed by atoms with E-state index in [1.165, 1.54) is 11.1 Å². The van der Waals surface area contributed by atoms with Crippen molar-refractivity contribution in [2.45, 2.75) is 0 Å². The third-order valence-electron chi connectivity index (χ3n) is 2.11. The molecular formula is C9H12N2O2. The van der Waals surface area contributed by atoms with Crippen LogP contribution in [0.5, 0.6) is 0 Å². The summed E-state index contributed by atoms with van der Waals surface area (Å²) in [5, 5.41) is 9.73. The number of nitrogens with zero attached hydrogens (tertiary/aromatic N) is 1. The number of hydrogen-bond acceptors (Lipinski definition) is 4. The summed E-state index contributed by atoms with van der Waals surface area (Å²) in [4.78, 5) is 0. The molecule has 0 saturated carbocycles. The van der Waals surface area contributed by atoms with E-state index in [1.807, 2.05) is 5.59 Å². The Bertz CT molecular complexity index is 246. The molecule has 70 valence electrons. The molecule has 0 unspecified atom stereocenters. The van der Waals surface area contributed by atoms with Crippen LogP contribution < -0.4 is 5.59 Å². The van der Waals surface area contributed by atoms with E-state index in [1.54, 1.807) is 5.01 Å². The minimum Gasteiger partial charge on any atom is -0.363 e.